The number of nitrogens with one attached hydrogen (secondary N) is 1. The summed E-state index contributed by atoms with van der Waals surface area (Å²) < 4.78 is 11.3. The van der Waals surface area contributed by atoms with Crippen molar-refractivity contribution in [1.29, 1.82) is 0 Å². The molecule has 3 aliphatic rings. The molecule has 1 N–H and O–H groups in total. The van der Waals surface area contributed by atoms with Crippen molar-refractivity contribution in [3.8, 4) is 0 Å². The van der Waals surface area contributed by atoms with Crippen LogP contribution in [0.4, 0.5) is 0 Å². The molecule has 5 nitrogen and oxygen atoms in total. The van der Waals surface area contributed by atoms with E-state index in [0.717, 1.165) is 50.0 Å². The lowest BCUT2D eigenvalue weighted by Crippen LogP contribution is -2.61. The molecule has 0 spiro atoms. The van der Waals surface area contributed by atoms with Crippen molar-refractivity contribution >= 4 is 16.9 Å². The van der Waals surface area contributed by atoms with Gasteiger partial charge in [-0.25, -0.2) is 0 Å². The highest BCUT2D eigenvalue weighted by Crippen LogP contribution is 2.50. The van der Waals surface area contributed by atoms with Gasteiger partial charge in [0, 0.05) is 36.8 Å². The van der Waals surface area contributed by atoms with Gasteiger partial charge in [-0.2, -0.15) is 0 Å². The first-order valence-electron chi connectivity index (χ1n) is 9.86. The fraction of sp³-hybridized carbons (Fsp3) is 0.500. The molecule has 3 heterocycles. The normalized spacial score (nSPS) is 30.2. The number of hydrogen-bond donors (Lipinski definition) is 1. The summed E-state index contributed by atoms with van der Waals surface area (Å²) in [6, 6.07) is 8.39. The Morgan fingerprint density at radius 1 is 1.26 bits per heavy atom. The van der Waals surface area contributed by atoms with E-state index in [9.17, 15) is 4.79 Å². The van der Waals surface area contributed by atoms with E-state index in [4.69, 9.17) is 9.47 Å². The Bertz CT molecular complexity index is 931. The molecule has 1 aromatic carbocycles. The molecule has 0 bridgehead atoms. The minimum atomic E-state index is -0.694. The van der Waals surface area contributed by atoms with Crippen LogP contribution in [0.2, 0.25) is 0 Å². The summed E-state index contributed by atoms with van der Waals surface area (Å²) in [5.74, 6) is -0.130. The lowest BCUT2D eigenvalue weighted by molar-refractivity contribution is -0.152. The van der Waals surface area contributed by atoms with Gasteiger partial charge in [0.2, 0.25) is 0 Å². The van der Waals surface area contributed by atoms with Gasteiger partial charge in [0.25, 0.3) is 0 Å². The van der Waals surface area contributed by atoms with Gasteiger partial charge in [0.05, 0.1) is 19.3 Å². The maximum Gasteiger partial charge on any atom is 0.319 e. The minimum absolute atomic E-state index is 0.00622. The topological polar surface area (TPSA) is 54.6 Å². The summed E-state index contributed by atoms with van der Waals surface area (Å²) in [6.07, 6.45) is 5.94. The zero-order valence-electron chi connectivity index (χ0n) is 16.0. The molecule has 0 radical (unpaired) electrons. The highest BCUT2D eigenvalue weighted by molar-refractivity contribution is 5.92. The summed E-state index contributed by atoms with van der Waals surface area (Å²) >= 11 is 0. The Morgan fingerprint density at radius 3 is 2.93 bits per heavy atom. The number of nitrogens with zero attached hydrogens (tertiary/aromatic N) is 1. The molecule has 3 atom stereocenters. The second-order valence-electron chi connectivity index (χ2n) is 7.93. The summed E-state index contributed by atoms with van der Waals surface area (Å²) in [6.45, 7) is 1.90. The number of H-pyrrole nitrogens is 1. The number of rotatable bonds is 2. The van der Waals surface area contributed by atoms with E-state index >= 15 is 0 Å². The number of carbonyl (C=O) groups excluding carboxylic acids is 1. The minimum Gasteiger partial charge on any atom is -0.468 e. The summed E-state index contributed by atoms with van der Waals surface area (Å²) in [7, 11) is 3.30. The predicted octanol–water partition coefficient (Wildman–Crippen LogP) is 2.94. The molecule has 1 aromatic heterocycles. The SMILES string of the molecule is COC(=O)[C@]12CCC=C3[C@H](OC)CCN(CCc4c1[nH]c1ccccc41)[C@H]32. The van der Waals surface area contributed by atoms with Crippen molar-refractivity contribution in [2.45, 2.75) is 43.2 Å². The second-order valence-corrected chi connectivity index (χ2v) is 7.93. The molecule has 142 valence electrons. The number of piperidine rings is 1. The van der Waals surface area contributed by atoms with Gasteiger partial charge in [-0.1, -0.05) is 24.3 Å². The highest BCUT2D eigenvalue weighted by Gasteiger charge is 2.58. The number of carbonyl (C=O) groups is 1. The van der Waals surface area contributed by atoms with Crippen LogP contribution in [0.1, 0.15) is 30.5 Å². The van der Waals surface area contributed by atoms with Crippen molar-refractivity contribution in [3.05, 3.63) is 47.2 Å². The number of benzene rings is 1. The number of aromatic amines is 1. The van der Waals surface area contributed by atoms with Gasteiger partial charge in [-0.05, 0) is 42.9 Å². The molecular formula is C22H26N2O3. The van der Waals surface area contributed by atoms with E-state index in [0.29, 0.717) is 0 Å². The molecule has 0 unspecified atom stereocenters. The van der Waals surface area contributed by atoms with E-state index in [-0.39, 0.29) is 18.1 Å². The fourth-order valence-electron chi connectivity index (χ4n) is 5.76. The molecule has 5 rings (SSSR count). The van der Waals surface area contributed by atoms with E-state index in [1.165, 1.54) is 23.6 Å². The molecule has 1 saturated heterocycles. The largest absolute Gasteiger partial charge is 0.468 e. The Kier molecular flexibility index (Phi) is 3.92. The summed E-state index contributed by atoms with van der Waals surface area (Å²) in [5.41, 5.74) is 4.01. The van der Waals surface area contributed by atoms with Crippen LogP contribution in [0.25, 0.3) is 10.9 Å². The number of hydrogen-bond acceptors (Lipinski definition) is 4. The summed E-state index contributed by atoms with van der Waals surface area (Å²) in [4.78, 5) is 19.5. The number of esters is 1. The molecule has 2 aliphatic heterocycles. The molecule has 1 fully saturated rings. The fourth-order valence-corrected chi connectivity index (χ4v) is 5.76. The lowest BCUT2D eigenvalue weighted by Gasteiger charge is -2.50. The van der Waals surface area contributed by atoms with E-state index in [2.05, 4.69) is 34.2 Å². The number of aromatic nitrogens is 1. The molecule has 1 aliphatic carbocycles. The van der Waals surface area contributed by atoms with Crippen molar-refractivity contribution in [3.63, 3.8) is 0 Å². The van der Waals surface area contributed by atoms with Crippen molar-refractivity contribution in [2.75, 3.05) is 27.3 Å². The van der Waals surface area contributed by atoms with Crippen LogP contribution in [0.15, 0.2) is 35.9 Å². The smallest absolute Gasteiger partial charge is 0.319 e. The number of allylic oxidation sites excluding steroid dienone is 1. The number of methoxy groups -OCH3 is 2. The Hall–Kier alpha value is -2.11. The van der Waals surface area contributed by atoms with Crippen LogP contribution in [0, 0.1) is 0 Å². The van der Waals surface area contributed by atoms with Gasteiger partial charge in [0.1, 0.15) is 5.41 Å². The first-order valence-corrected chi connectivity index (χ1v) is 9.86. The first kappa shape index (κ1) is 17.0. The third kappa shape index (κ3) is 2.21. The van der Waals surface area contributed by atoms with Crippen molar-refractivity contribution < 1.29 is 14.3 Å². The van der Waals surface area contributed by atoms with Crippen LogP contribution >= 0.6 is 0 Å². The number of para-hydroxylation sites is 1. The van der Waals surface area contributed by atoms with Crippen LogP contribution in [-0.2, 0) is 26.1 Å². The van der Waals surface area contributed by atoms with Gasteiger partial charge >= 0.3 is 5.97 Å². The first-order chi connectivity index (χ1) is 13.2. The lowest BCUT2D eigenvalue weighted by atomic mass is 9.64. The Balaban J connectivity index is 1.79. The molecular weight excluding hydrogens is 340 g/mol. The molecule has 0 amide bonds. The zero-order chi connectivity index (χ0) is 18.6. The standard InChI is InChI=1S/C22H26N2O3/c1-26-18-10-13-24-12-9-15-14-6-3-4-8-17(14)23-19(15)22(21(25)27-2)11-5-7-16(18)20(22)24/h3-4,6-8,18,20,23H,5,9-13H2,1-2H3/t18-,20-,22-/m1/s1. The van der Waals surface area contributed by atoms with Gasteiger partial charge in [-0.15, -0.1) is 0 Å². The molecule has 0 saturated carbocycles. The average Bonchev–Trinajstić information content (AvgIpc) is 3.03. The number of ether oxygens (including phenoxy) is 2. The molecule has 27 heavy (non-hydrogen) atoms. The van der Waals surface area contributed by atoms with Crippen molar-refractivity contribution in [1.82, 2.24) is 9.88 Å². The monoisotopic (exact) mass is 366 g/mol. The van der Waals surface area contributed by atoms with E-state index in [1.807, 2.05) is 6.07 Å². The van der Waals surface area contributed by atoms with Crippen LogP contribution in [-0.4, -0.2) is 55.3 Å². The molecule has 2 aromatic rings. The average molecular weight is 366 g/mol. The number of fused-ring (bicyclic) bond motifs is 4. The summed E-state index contributed by atoms with van der Waals surface area (Å²) in [5, 5.41) is 1.23. The third-order valence-corrected chi connectivity index (χ3v) is 6.86. The van der Waals surface area contributed by atoms with Crippen LogP contribution < -0.4 is 0 Å². The third-order valence-electron chi connectivity index (χ3n) is 6.86. The van der Waals surface area contributed by atoms with E-state index in [1.54, 1.807) is 7.11 Å². The molecule has 5 heteroatoms. The predicted molar refractivity (Wildman–Crippen MR) is 104 cm³/mol. The highest BCUT2D eigenvalue weighted by atomic mass is 16.5. The van der Waals surface area contributed by atoms with Gasteiger partial charge in [-0.3, -0.25) is 9.69 Å². The van der Waals surface area contributed by atoms with Gasteiger partial charge < -0.3 is 14.5 Å². The zero-order valence-corrected chi connectivity index (χ0v) is 16.0. The Morgan fingerprint density at radius 2 is 2.11 bits per heavy atom. The van der Waals surface area contributed by atoms with Gasteiger partial charge in [0.15, 0.2) is 0 Å². The maximum atomic E-state index is 13.4. The van der Waals surface area contributed by atoms with E-state index < -0.39 is 5.41 Å². The van der Waals surface area contributed by atoms with Crippen LogP contribution in [0.3, 0.4) is 0 Å². The van der Waals surface area contributed by atoms with Crippen molar-refractivity contribution in [2.24, 2.45) is 0 Å². The maximum absolute atomic E-state index is 13.4. The van der Waals surface area contributed by atoms with Crippen LogP contribution in [0.5, 0.6) is 0 Å². The quantitative estimate of drug-likeness (QED) is 0.656. The second kappa shape index (κ2) is 6.21. The Labute approximate surface area is 159 Å².